The molecule has 1 aromatic carbocycles. The van der Waals surface area contributed by atoms with Crippen LogP contribution >= 0.6 is 0 Å². The summed E-state index contributed by atoms with van der Waals surface area (Å²) in [5, 5.41) is 20.1. The van der Waals surface area contributed by atoms with Crippen molar-refractivity contribution in [3.05, 3.63) is 39.4 Å². The highest BCUT2D eigenvalue weighted by Crippen LogP contribution is 2.39. The molecule has 0 atom stereocenters. The standard InChI is InChI=1S/C14H11N3O5/c1-3-22-14(19)10(7-15)12-9-6-8(17(20)21)4-5-11(9)16(2)13(12)18/h4-6H,3H2,1-2H3/b12-10+. The zero-order valence-corrected chi connectivity index (χ0v) is 11.8. The number of esters is 1. The van der Waals surface area contributed by atoms with Crippen molar-refractivity contribution in [2.45, 2.75) is 6.92 Å². The maximum Gasteiger partial charge on any atom is 0.349 e. The number of nitro benzene ring substituents is 1. The van der Waals surface area contributed by atoms with Gasteiger partial charge in [0.1, 0.15) is 6.07 Å². The van der Waals surface area contributed by atoms with Gasteiger partial charge in [0, 0.05) is 24.7 Å². The molecule has 8 nitrogen and oxygen atoms in total. The summed E-state index contributed by atoms with van der Waals surface area (Å²) in [6, 6.07) is 5.48. The Morgan fingerprint density at radius 1 is 1.50 bits per heavy atom. The van der Waals surface area contributed by atoms with Crippen LogP contribution in [0.1, 0.15) is 12.5 Å². The second kappa shape index (κ2) is 5.65. The Kier molecular flexibility index (Phi) is 3.90. The second-order valence-corrected chi connectivity index (χ2v) is 4.41. The van der Waals surface area contributed by atoms with E-state index in [4.69, 9.17) is 4.74 Å². The van der Waals surface area contributed by atoms with E-state index in [2.05, 4.69) is 0 Å². The van der Waals surface area contributed by atoms with Crippen LogP contribution in [0.2, 0.25) is 0 Å². The number of benzene rings is 1. The van der Waals surface area contributed by atoms with Crippen LogP contribution in [0.5, 0.6) is 0 Å². The van der Waals surface area contributed by atoms with Crippen molar-refractivity contribution < 1.29 is 19.2 Å². The number of nitriles is 1. The lowest BCUT2D eigenvalue weighted by atomic mass is 10.0. The number of rotatable bonds is 3. The molecule has 1 heterocycles. The fraction of sp³-hybridized carbons (Fsp3) is 0.214. The zero-order chi connectivity index (χ0) is 16.4. The van der Waals surface area contributed by atoms with Crippen LogP contribution in [0.25, 0.3) is 5.57 Å². The summed E-state index contributed by atoms with van der Waals surface area (Å²) in [5.74, 6) is -1.51. The van der Waals surface area contributed by atoms with Crippen molar-refractivity contribution in [3.63, 3.8) is 0 Å². The zero-order valence-electron chi connectivity index (χ0n) is 11.8. The smallest absolute Gasteiger partial charge is 0.349 e. The van der Waals surface area contributed by atoms with E-state index in [9.17, 15) is 25.0 Å². The number of hydrogen-bond acceptors (Lipinski definition) is 6. The highest BCUT2D eigenvalue weighted by atomic mass is 16.6. The summed E-state index contributed by atoms with van der Waals surface area (Å²) >= 11 is 0. The molecule has 0 aromatic heterocycles. The Labute approximate surface area is 125 Å². The van der Waals surface area contributed by atoms with Crippen LogP contribution in [-0.4, -0.2) is 30.5 Å². The monoisotopic (exact) mass is 301 g/mol. The summed E-state index contributed by atoms with van der Waals surface area (Å²) in [5.41, 5.74) is -0.311. The number of nitrogens with zero attached hydrogens (tertiary/aromatic N) is 3. The van der Waals surface area contributed by atoms with Gasteiger partial charge < -0.3 is 9.64 Å². The van der Waals surface area contributed by atoms with E-state index in [1.165, 1.54) is 30.1 Å². The van der Waals surface area contributed by atoms with Crippen molar-refractivity contribution in [2.75, 3.05) is 18.6 Å². The Morgan fingerprint density at radius 3 is 2.73 bits per heavy atom. The number of ether oxygens (including phenoxy) is 1. The lowest BCUT2D eigenvalue weighted by molar-refractivity contribution is -0.384. The first-order valence-corrected chi connectivity index (χ1v) is 6.30. The number of anilines is 1. The highest BCUT2D eigenvalue weighted by Gasteiger charge is 2.36. The number of non-ortho nitro benzene ring substituents is 1. The molecule has 0 radical (unpaired) electrons. The van der Waals surface area contributed by atoms with Crippen molar-refractivity contribution in [1.82, 2.24) is 0 Å². The van der Waals surface area contributed by atoms with Crippen LogP contribution in [0.4, 0.5) is 11.4 Å². The van der Waals surface area contributed by atoms with Gasteiger partial charge in [-0.25, -0.2) is 4.79 Å². The van der Waals surface area contributed by atoms with Crippen LogP contribution in [0.15, 0.2) is 23.8 Å². The lowest BCUT2D eigenvalue weighted by Gasteiger charge is -2.08. The molecule has 1 aromatic rings. The van der Waals surface area contributed by atoms with E-state index >= 15 is 0 Å². The minimum atomic E-state index is -0.930. The van der Waals surface area contributed by atoms with Gasteiger partial charge >= 0.3 is 5.97 Å². The van der Waals surface area contributed by atoms with Crippen LogP contribution in [-0.2, 0) is 14.3 Å². The van der Waals surface area contributed by atoms with E-state index in [1.807, 2.05) is 0 Å². The molecule has 0 saturated heterocycles. The largest absolute Gasteiger partial charge is 0.462 e. The molecular weight excluding hydrogens is 290 g/mol. The third-order valence-electron chi connectivity index (χ3n) is 3.18. The summed E-state index contributed by atoms with van der Waals surface area (Å²) < 4.78 is 4.76. The Bertz CT molecular complexity index is 760. The van der Waals surface area contributed by atoms with Gasteiger partial charge in [-0.15, -0.1) is 0 Å². The molecule has 2 rings (SSSR count). The van der Waals surface area contributed by atoms with Crippen LogP contribution in [0.3, 0.4) is 0 Å². The fourth-order valence-electron chi connectivity index (χ4n) is 2.17. The maximum absolute atomic E-state index is 12.3. The Balaban J connectivity index is 2.72. The van der Waals surface area contributed by atoms with Gasteiger partial charge in [0.15, 0.2) is 5.57 Å². The molecule has 0 N–H and O–H groups in total. The van der Waals surface area contributed by atoms with Gasteiger partial charge in [-0.1, -0.05) is 0 Å². The van der Waals surface area contributed by atoms with Gasteiger partial charge in [0.2, 0.25) is 0 Å². The minimum Gasteiger partial charge on any atom is -0.462 e. The molecule has 0 unspecified atom stereocenters. The number of fused-ring (bicyclic) bond motifs is 1. The maximum atomic E-state index is 12.3. The minimum absolute atomic E-state index is 0.0448. The van der Waals surface area contributed by atoms with Crippen LogP contribution in [0, 0.1) is 21.4 Å². The summed E-state index contributed by atoms with van der Waals surface area (Å²) in [6.45, 7) is 1.61. The predicted octanol–water partition coefficient (Wildman–Crippen LogP) is 1.41. The molecule has 1 amide bonds. The number of carbonyl (C=O) groups is 2. The van der Waals surface area contributed by atoms with Gasteiger partial charge in [0.25, 0.3) is 11.6 Å². The van der Waals surface area contributed by atoms with Crippen molar-refractivity contribution in [2.24, 2.45) is 0 Å². The average molecular weight is 301 g/mol. The summed E-state index contributed by atoms with van der Waals surface area (Å²) in [4.78, 5) is 35.6. The summed E-state index contributed by atoms with van der Waals surface area (Å²) in [7, 11) is 1.46. The topological polar surface area (TPSA) is 114 Å². The van der Waals surface area contributed by atoms with Crippen molar-refractivity contribution >= 4 is 28.8 Å². The molecule has 0 bridgehead atoms. The molecule has 0 spiro atoms. The number of amides is 1. The first-order chi connectivity index (χ1) is 10.4. The summed E-state index contributed by atoms with van der Waals surface area (Å²) in [6.07, 6.45) is 0. The quantitative estimate of drug-likeness (QED) is 0.274. The van der Waals surface area contributed by atoms with E-state index in [1.54, 1.807) is 13.0 Å². The van der Waals surface area contributed by atoms with Gasteiger partial charge in [0.05, 0.1) is 22.8 Å². The first-order valence-electron chi connectivity index (χ1n) is 6.30. The third-order valence-corrected chi connectivity index (χ3v) is 3.18. The number of nitro groups is 1. The number of hydrogen-bond donors (Lipinski definition) is 0. The van der Waals surface area contributed by atoms with Crippen molar-refractivity contribution in [1.29, 1.82) is 5.26 Å². The molecular formula is C14H11N3O5. The Morgan fingerprint density at radius 2 is 2.18 bits per heavy atom. The lowest BCUT2D eigenvalue weighted by Crippen LogP contribution is -2.22. The highest BCUT2D eigenvalue weighted by molar-refractivity contribution is 6.36. The number of carbonyl (C=O) groups excluding carboxylic acids is 2. The van der Waals surface area contributed by atoms with E-state index < -0.39 is 22.4 Å². The molecule has 1 aliphatic rings. The molecule has 0 saturated carbocycles. The molecule has 8 heteroatoms. The SMILES string of the molecule is CCOC(=O)/C(C#N)=C1/C(=O)N(C)c2ccc([N+](=O)[O-])cc21. The van der Waals surface area contributed by atoms with Crippen molar-refractivity contribution in [3.8, 4) is 6.07 Å². The molecule has 0 fully saturated rings. The fourth-order valence-corrected chi connectivity index (χ4v) is 2.17. The normalized spacial score (nSPS) is 15.1. The van der Waals surface area contributed by atoms with Gasteiger partial charge in [-0.05, 0) is 13.0 Å². The van der Waals surface area contributed by atoms with Gasteiger partial charge in [-0.2, -0.15) is 5.26 Å². The van der Waals surface area contributed by atoms with Gasteiger partial charge in [-0.3, -0.25) is 14.9 Å². The second-order valence-electron chi connectivity index (χ2n) is 4.41. The molecule has 112 valence electrons. The first kappa shape index (κ1) is 15.2. The average Bonchev–Trinajstić information content (AvgIpc) is 2.73. The third kappa shape index (κ3) is 2.29. The van der Waals surface area contributed by atoms with Crippen LogP contribution < -0.4 is 4.90 Å². The van der Waals surface area contributed by atoms with E-state index in [0.717, 1.165) is 0 Å². The van der Waals surface area contributed by atoms with E-state index in [0.29, 0.717) is 5.69 Å². The molecule has 22 heavy (non-hydrogen) atoms. The molecule has 0 aliphatic carbocycles. The van der Waals surface area contributed by atoms with E-state index in [-0.39, 0.29) is 23.4 Å². The number of likely N-dealkylation sites (N-methyl/N-ethyl adjacent to an activating group) is 1. The predicted molar refractivity (Wildman–Crippen MR) is 75.7 cm³/mol. The molecule has 1 aliphatic heterocycles. The Hall–Kier alpha value is -3.21.